The number of aromatic amines is 1. The molecule has 0 unspecified atom stereocenters. The first-order valence-corrected chi connectivity index (χ1v) is 9.11. The van der Waals surface area contributed by atoms with Crippen LogP contribution in [0.3, 0.4) is 0 Å². The molecule has 0 aliphatic heterocycles. The van der Waals surface area contributed by atoms with Crippen molar-refractivity contribution in [3.63, 3.8) is 0 Å². The summed E-state index contributed by atoms with van der Waals surface area (Å²) in [5, 5.41) is 3.38. The number of carbonyl (C=O) groups is 1. The lowest BCUT2D eigenvalue weighted by Gasteiger charge is -2.10. The number of amides is 1. The third-order valence-corrected chi connectivity index (χ3v) is 4.52. The minimum absolute atomic E-state index is 0.308. The molecule has 4 aromatic rings. The number of fused-ring (bicyclic) bond motifs is 1. The van der Waals surface area contributed by atoms with Crippen LogP contribution in [0, 0.1) is 6.92 Å². The molecule has 0 atom stereocenters. The van der Waals surface area contributed by atoms with Crippen LogP contribution >= 0.6 is 11.8 Å². The number of aromatic nitrogens is 4. The fourth-order valence-corrected chi connectivity index (χ4v) is 3.28. The van der Waals surface area contributed by atoms with Crippen LogP contribution in [0.5, 0.6) is 0 Å². The van der Waals surface area contributed by atoms with Crippen LogP contribution in [0.4, 0.5) is 5.95 Å². The monoisotopic (exact) mass is 365 g/mol. The highest BCUT2D eigenvalue weighted by Crippen LogP contribution is 2.26. The van der Waals surface area contributed by atoms with Gasteiger partial charge < -0.3 is 9.40 Å². The number of nitrogens with one attached hydrogen (secondary N) is 2. The molecule has 0 saturated carbocycles. The molecule has 26 heavy (non-hydrogen) atoms. The highest BCUT2D eigenvalue weighted by molar-refractivity contribution is 7.98. The van der Waals surface area contributed by atoms with Gasteiger partial charge in [0.2, 0.25) is 5.95 Å². The zero-order valence-corrected chi connectivity index (χ0v) is 14.9. The molecule has 0 aliphatic carbocycles. The number of thioether (sulfide) groups is 1. The lowest BCUT2D eigenvalue weighted by Crippen LogP contribution is -2.17. The summed E-state index contributed by atoms with van der Waals surface area (Å²) >= 11 is 1.38. The maximum atomic E-state index is 12.8. The van der Waals surface area contributed by atoms with Crippen LogP contribution in [-0.2, 0) is 0 Å². The Balaban J connectivity index is 1.68. The van der Waals surface area contributed by atoms with Crippen molar-refractivity contribution in [1.82, 2.24) is 19.9 Å². The number of furan rings is 1. The zero-order valence-electron chi connectivity index (χ0n) is 14.1. The minimum Gasteiger partial charge on any atom is -0.461 e. The van der Waals surface area contributed by atoms with E-state index in [1.54, 1.807) is 25.3 Å². The summed E-state index contributed by atoms with van der Waals surface area (Å²) < 4.78 is 5.35. The van der Waals surface area contributed by atoms with Crippen LogP contribution in [-0.4, -0.2) is 32.1 Å². The fraction of sp³-hybridized carbons (Fsp3) is 0.111. The number of benzene rings is 1. The second kappa shape index (κ2) is 6.64. The molecule has 0 saturated heterocycles. The van der Waals surface area contributed by atoms with Crippen LogP contribution in [0.2, 0.25) is 0 Å². The second-order valence-electron chi connectivity index (χ2n) is 5.55. The summed E-state index contributed by atoms with van der Waals surface area (Å²) in [5.41, 5.74) is 2.64. The Hall–Kier alpha value is -3.13. The molecule has 3 heterocycles. The molecule has 1 amide bonds. The molecule has 0 radical (unpaired) electrons. The normalized spacial score (nSPS) is 11.0. The van der Waals surface area contributed by atoms with Gasteiger partial charge in [0.25, 0.3) is 5.91 Å². The van der Waals surface area contributed by atoms with Crippen molar-refractivity contribution in [3.8, 4) is 11.6 Å². The number of H-pyrrole nitrogens is 1. The maximum absolute atomic E-state index is 12.8. The first-order chi connectivity index (χ1) is 12.7. The third-order valence-electron chi connectivity index (χ3n) is 3.84. The number of aryl methyl sites for hydroxylation is 1. The molecule has 0 aliphatic rings. The maximum Gasteiger partial charge on any atom is 0.262 e. The first kappa shape index (κ1) is 16.3. The summed E-state index contributed by atoms with van der Waals surface area (Å²) in [7, 11) is 0. The number of para-hydroxylation sites is 2. The van der Waals surface area contributed by atoms with Gasteiger partial charge in [-0.2, -0.15) is 0 Å². The first-order valence-electron chi connectivity index (χ1n) is 7.88. The van der Waals surface area contributed by atoms with E-state index in [1.807, 2.05) is 30.5 Å². The van der Waals surface area contributed by atoms with Gasteiger partial charge in [-0.3, -0.25) is 10.1 Å². The lowest BCUT2D eigenvalue weighted by atomic mass is 10.2. The van der Waals surface area contributed by atoms with Crippen LogP contribution in [0.25, 0.3) is 22.6 Å². The molecule has 3 aromatic heterocycles. The highest BCUT2D eigenvalue weighted by atomic mass is 32.2. The van der Waals surface area contributed by atoms with Crippen LogP contribution < -0.4 is 5.32 Å². The molecular formula is C18H15N5O2S. The average Bonchev–Trinajstić information content (AvgIpc) is 3.29. The molecule has 130 valence electrons. The van der Waals surface area contributed by atoms with Crippen LogP contribution in [0.1, 0.15) is 16.1 Å². The summed E-state index contributed by atoms with van der Waals surface area (Å²) in [4.78, 5) is 29.1. The molecule has 2 N–H and O–H groups in total. The average molecular weight is 365 g/mol. The van der Waals surface area contributed by atoms with Gasteiger partial charge in [-0.25, -0.2) is 15.0 Å². The van der Waals surface area contributed by atoms with Gasteiger partial charge in [0, 0.05) is 0 Å². The van der Waals surface area contributed by atoms with Crippen molar-refractivity contribution in [2.75, 3.05) is 11.6 Å². The Morgan fingerprint density at radius 1 is 1.15 bits per heavy atom. The van der Waals surface area contributed by atoms with E-state index in [4.69, 9.17) is 4.42 Å². The van der Waals surface area contributed by atoms with E-state index in [1.165, 1.54) is 11.8 Å². The van der Waals surface area contributed by atoms with E-state index in [0.717, 1.165) is 11.0 Å². The molecule has 7 nitrogen and oxygen atoms in total. The number of imidazole rings is 1. The minimum atomic E-state index is -0.308. The van der Waals surface area contributed by atoms with E-state index in [0.29, 0.717) is 33.8 Å². The van der Waals surface area contributed by atoms with Gasteiger partial charge in [0.15, 0.2) is 11.6 Å². The van der Waals surface area contributed by atoms with E-state index in [2.05, 4.69) is 25.3 Å². The van der Waals surface area contributed by atoms with Crippen molar-refractivity contribution in [2.24, 2.45) is 0 Å². The second-order valence-corrected chi connectivity index (χ2v) is 6.35. The Morgan fingerprint density at radius 2 is 2.00 bits per heavy atom. The van der Waals surface area contributed by atoms with Crippen LogP contribution in [0.15, 0.2) is 52.1 Å². The van der Waals surface area contributed by atoms with Gasteiger partial charge in [0.05, 0.1) is 28.6 Å². The zero-order chi connectivity index (χ0) is 18.1. The smallest absolute Gasteiger partial charge is 0.262 e. The molecular weight excluding hydrogens is 350 g/mol. The van der Waals surface area contributed by atoms with Crippen molar-refractivity contribution < 1.29 is 9.21 Å². The Morgan fingerprint density at radius 3 is 2.73 bits per heavy atom. The summed E-state index contributed by atoms with van der Waals surface area (Å²) in [6.45, 7) is 1.78. The van der Waals surface area contributed by atoms with Gasteiger partial charge in [0.1, 0.15) is 5.03 Å². The summed E-state index contributed by atoms with van der Waals surface area (Å²) in [5.74, 6) is 1.10. The number of hydrogen-bond donors (Lipinski definition) is 2. The van der Waals surface area contributed by atoms with Gasteiger partial charge >= 0.3 is 0 Å². The summed E-state index contributed by atoms with van der Waals surface area (Å²) in [6, 6.07) is 11.1. The largest absolute Gasteiger partial charge is 0.461 e. The molecule has 0 bridgehead atoms. The van der Waals surface area contributed by atoms with E-state index in [-0.39, 0.29) is 5.91 Å². The Labute approximate surface area is 153 Å². The number of carbonyl (C=O) groups excluding carboxylic acids is 1. The molecule has 8 heteroatoms. The molecule has 0 spiro atoms. The molecule has 4 rings (SSSR count). The predicted molar refractivity (Wildman–Crippen MR) is 100 cm³/mol. The van der Waals surface area contributed by atoms with E-state index in [9.17, 15) is 4.79 Å². The number of hydrogen-bond acceptors (Lipinski definition) is 6. The third kappa shape index (κ3) is 2.95. The molecule has 0 fully saturated rings. The Kier molecular flexibility index (Phi) is 4.18. The predicted octanol–water partition coefficient (Wildman–Crippen LogP) is 3.90. The topological polar surface area (TPSA) is 96.7 Å². The quantitative estimate of drug-likeness (QED) is 0.421. The summed E-state index contributed by atoms with van der Waals surface area (Å²) in [6.07, 6.45) is 3.43. The number of anilines is 1. The Bertz CT molecular complexity index is 1060. The van der Waals surface area contributed by atoms with Crippen molar-refractivity contribution in [2.45, 2.75) is 11.9 Å². The fourth-order valence-electron chi connectivity index (χ4n) is 2.65. The lowest BCUT2D eigenvalue weighted by molar-refractivity contribution is 0.102. The van der Waals surface area contributed by atoms with Gasteiger partial charge in [-0.15, -0.1) is 11.8 Å². The number of rotatable bonds is 4. The van der Waals surface area contributed by atoms with Gasteiger partial charge in [-0.05, 0) is 37.4 Å². The van der Waals surface area contributed by atoms with E-state index >= 15 is 0 Å². The van der Waals surface area contributed by atoms with Crippen molar-refractivity contribution in [3.05, 3.63) is 53.9 Å². The number of nitrogens with zero attached hydrogens (tertiary/aromatic N) is 3. The standard InChI is InChI=1S/C18H15N5O2S/c1-10-14(17(26-2)22-15(19-10)13-8-5-9-25-13)16(24)23-18-20-11-6-3-4-7-12(11)21-18/h3-9H,1-2H3,(H2,20,21,23,24). The van der Waals surface area contributed by atoms with Crippen molar-refractivity contribution in [1.29, 1.82) is 0 Å². The van der Waals surface area contributed by atoms with Gasteiger partial charge in [-0.1, -0.05) is 12.1 Å². The molecule has 1 aromatic carbocycles. The highest BCUT2D eigenvalue weighted by Gasteiger charge is 2.20. The SMILES string of the molecule is CSc1nc(-c2ccco2)nc(C)c1C(=O)Nc1nc2ccccc2[nH]1. The van der Waals surface area contributed by atoms with E-state index < -0.39 is 0 Å². The van der Waals surface area contributed by atoms with Crippen molar-refractivity contribution >= 4 is 34.7 Å².